The van der Waals surface area contributed by atoms with Crippen LogP contribution in [0.15, 0.2) is 103 Å². The first-order valence-electron chi connectivity index (χ1n) is 16.8. The predicted octanol–water partition coefficient (Wildman–Crippen LogP) is 7.22. The monoisotopic (exact) mass is 775 g/mol. The van der Waals surface area contributed by atoms with E-state index < -0.39 is 17.8 Å². The van der Waals surface area contributed by atoms with E-state index in [1.165, 1.54) is 44.4 Å². The normalized spacial score (nSPS) is 10.6. The second-order valence-electron chi connectivity index (χ2n) is 11.5. The summed E-state index contributed by atoms with van der Waals surface area (Å²) < 4.78 is 61.6. The van der Waals surface area contributed by atoms with Crippen molar-refractivity contribution in [1.29, 1.82) is 0 Å². The Hall–Kier alpha value is -6.88. The molecule has 17 heteroatoms. The van der Waals surface area contributed by atoms with E-state index >= 15 is 0 Å². The van der Waals surface area contributed by atoms with Crippen LogP contribution < -0.4 is 40.4 Å². The third-order valence-corrected chi connectivity index (χ3v) is 7.57. The van der Waals surface area contributed by atoms with Crippen molar-refractivity contribution in [2.45, 2.75) is 6.18 Å². The number of nitrogens with one attached hydrogen (secondary N) is 4. The van der Waals surface area contributed by atoms with Crippen LogP contribution in [-0.4, -0.2) is 76.3 Å². The minimum atomic E-state index is -4.63. The molecule has 5 rings (SSSR count). The summed E-state index contributed by atoms with van der Waals surface area (Å²) in [7, 11) is 7.82. The van der Waals surface area contributed by atoms with Crippen LogP contribution in [0.1, 0.15) is 26.5 Å². The molecule has 14 nitrogen and oxygen atoms in total. The van der Waals surface area contributed by atoms with Crippen molar-refractivity contribution in [3.63, 3.8) is 0 Å². The zero-order valence-electron chi connectivity index (χ0n) is 31.1. The van der Waals surface area contributed by atoms with Crippen LogP contribution in [0, 0.1) is 0 Å². The van der Waals surface area contributed by atoms with Gasteiger partial charge in [0.05, 0.1) is 12.2 Å². The summed E-state index contributed by atoms with van der Waals surface area (Å²) in [4.78, 5) is 45.1. The average Bonchev–Trinajstić information content (AvgIpc) is 3.20. The van der Waals surface area contributed by atoms with Gasteiger partial charge in [0.15, 0.2) is 0 Å². The third-order valence-electron chi connectivity index (χ3n) is 7.57. The van der Waals surface area contributed by atoms with Crippen LogP contribution in [0.3, 0.4) is 0 Å². The highest BCUT2D eigenvalue weighted by Crippen LogP contribution is 2.34. The molecule has 2 aromatic heterocycles. The number of benzene rings is 3. The third kappa shape index (κ3) is 12.3. The molecule has 0 atom stereocenters. The molecule has 0 aliphatic heterocycles. The van der Waals surface area contributed by atoms with Gasteiger partial charge in [-0.2, -0.15) is 13.2 Å². The van der Waals surface area contributed by atoms with E-state index in [4.69, 9.17) is 18.9 Å². The van der Waals surface area contributed by atoms with Crippen LogP contribution in [0.4, 0.5) is 35.0 Å². The summed E-state index contributed by atoms with van der Waals surface area (Å²) in [5.41, 5.74) is 0.935. The molecule has 0 fully saturated rings. The number of methoxy groups -OCH3 is 1. The zero-order chi connectivity index (χ0) is 40.7. The number of urea groups is 1. The fourth-order valence-corrected chi connectivity index (χ4v) is 4.64. The summed E-state index contributed by atoms with van der Waals surface area (Å²) in [6, 6.07) is 22.6. The number of ether oxygens (including phenoxy) is 4. The highest BCUT2D eigenvalue weighted by molar-refractivity contribution is 6.01. The number of amides is 4. The Kier molecular flexibility index (Phi) is 14.9. The molecule has 294 valence electrons. The first-order valence-corrected chi connectivity index (χ1v) is 16.8. The average molecular weight is 776 g/mol. The molecular weight excluding hydrogens is 735 g/mol. The van der Waals surface area contributed by atoms with Crippen molar-refractivity contribution in [3.05, 3.63) is 120 Å². The number of nitrogens with zero attached hydrogens (tertiary/aromatic N) is 3. The quantitative estimate of drug-likeness (QED) is 0.0898. The van der Waals surface area contributed by atoms with Crippen molar-refractivity contribution in [2.75, 3.05) is 64.0 Å². The number of anilines is 3. The minimum absolute atomic E-state index is 0.0477. The van der Waals surface area contributed by atoms with E-state index in [1.54, 1.807) is 55.7 Å². The maximum atomic E-state index is 13.3. The molecule has 0 saturated carbocycles. The maximum absolute atomic E-state index is 13.3. The highest BCUT2D eigenvalue weighted by Gasteiger charge is 2.32. The Bertz CT molecular complexity index is 2080. The van der Waals surface area contributed by atoms with E-state index in [0.29, 0.717) is 34.4 Å². The lowest BCUT2D eigenvalue weighted by atomic mass is 10.2. The second kappa shape index (κ2) is 20.0. The van der Waals surface area contributed by atoms with Crippen LogP contribution in [-0.2, 0) is 10.9 Å². The molecule has 56 heavy (non-hydrogen) atoms. The van der Waals surface area contributed by atoms with E-state index in [0.717, 1.165) is 17.8 Å². The number of hydrogen-bond donors (Lipinski definition) is 4. The Morgan fingerprint density at radius 1 is 0.661 bits per heavy atom. The van der Waals surface area contributed by atoms with Gasteiger partial charge in [-0.3, -0.25) is 24.5 Å². The van der Waals surface area contributed by atoms with Crippen LogP contribution in [0.5, 0.6) is 28.7 Å². The molecule has 2 heterocycles. The summed E-state index contributed by atoms with van der Waals surface area (Å²) in [6.07, 6.45) is -1.64. The van der Waals surface area contributed by atoms with Gasteiger partial charge < -0.3 is 40.2 Å². The molecule has 4 amide bonds. The van der Waals surface area contributed by atoms with Gasteiger partial charge in [-0.1, -0.05) is 0 Å². The first-order chi connectivity index (χ1) is 26.8. The standard InChI is InChI=1S/C25H25F3N4O5.C14H15N3O2/c1-29-23(33)22-15-20(8-9-30-22)37-19-6-4-18(5-7-19)32(2)24(34)31-17-12-16(25(26,27)28)13-21(14-17)36-11-10-35-3;1-15-10-3-5-11(6-4-10)19-12-7-8-17-13(9-12)14(18)16-2/h4-9,12-15H,10-11H2,1-3H3,(H,29,33)(H,31,34);3-9,15H,1-2H3,(H,16,18). The smallest absolute Gasteiger partial charge is 0.416 e. The molecule has 0 aliphatic rings. The largest absolute Gasteiger partial charge is 0.491 e. The molecule has 5 aromatic rings. The Labute approximate surface area is 321 Å². The first kappa shape index (κ1) is 41.9. The number of aromatic nitrogens is 2. The molecule has 0 spiro atoms. The Morgan fingerprint density at radius 2 is 1.20 bits per heavy atom. The molecule has 4 N–H and O–H groups in total. The van der Waals surface area contributed by atoms with E-state index in [-0.39, 0.29) is 42.2 Å². The maximum Gasteiger partial charge on any atom is 0.416 e. The number of alkyl halides is 3. The highest BCUT2D eigenvalue weighted by atomic mass is 19.4. The molecular formula is C39H40F3N7O7. The van der Waals surface area contributed by atoms with Gasteiger partial charge in [0.2, 0.25) is 0 Å². The van der Waals surface area contributed by atoms with Crippen molar-refractivity contribution < 1.29 is 46.5 Å². The van der Waals surface area contributed by atoms with E-state index in [2.05, 4.69) is 31.2 Å². The van der Waals surface area contributed by atoms with E-state index in [9.17, 15) is 27.6 Å². The fourth-order valence-electron chi connectivity index (χ4n) is 4.64. The second-order valence-corrected chi connectivity index (χ2v) is 11.5. The van der Waals surface area contributed by atoms with Crippen molar-refractivity contribution in [1.82, 2.24) is 20.6 Å². The van der Waals surface area contributed by atoms with Gasteiger partial charge >= 0.3 is 12.2 Å². The van der Waals surface area contributed by atoms with Crippen molar-refractivity contribution in [3.8, 4) is 28.7 Å². The van der Waals surface area contributed by atoms with E-state index in [1.807, 2.05) is 31.3 Å². The number of halogens is 3. The van der Waals surface area contributed by atoms with Gasteiger partial charge in [-0.25, -0.2) is 4.79 Å². The molecule has 0 radical (unpaired) electrons. The number of carbonyl (C=O) groups is 3. The fraction of sp³-hybridized carbons (Fsp3) is 0.205. The number of pyridine rings is 2. The summed E-state index contributed by atoms with van der Waals surface area (Å²) in [5, 5.41) is 10.5. The number of hydrogen-bond acceptors (Lipinski definition) is 10. The topological polar surface area (TPSA) is 165 Å². The van der Waals surface area contributed by atoms with Crippen LogP contribution >= 0.6 is 0 Å². The Morgan fingerprint density at radius 3 is 1.68 bits per heavy atom. The van der Waals surface area contributed by atoms with Gasteiger partial charge in [-0.05, 0) is 72.8 Å². The SMILES string of the molecule is CNC(=O)c1cc(Oc2ccc(N(C)C(=O)Nc3cc(OCCOC)cc(C(F)(F)F)c3)cc2)ccn1.CNC(=O)c1cc(Oc2ccc(NC)cc2)ccn1. The van der Waals surface area contributed by atoms with Gasteiger partial charge in [-0.15, -0.1) is 0 Å². The minimum Gasteiger partial charge on any atom is -0.491 e. The molecule has 0 unspecified atom stereocenters. The number of carbonyl (C=O) groups excluding carboxylic acids is 3. The lowest BCUT2D eigenvalue weighted by Gasteiger charge is -2.20. The predicted molar refractivity (Wildman–Crippen MR) is 204 cm³/mol. The summed E-state index contributed by atoms with van der Waals surface area (Å²) in [5.74, 6) is 1.45. The van der Waals surface area contributed by atoms with Crippen LogP contribution in [0.25, 0.3) is 0 Å². The van der Waals surface area contributed by atoms with Crippen LogP contribution in [0.2, 0.25) is 0 Å². The molecule has 3 aromatic carbocycles. The van der Waals surface area contributed by atoms with Gasteiger partial charge in [0.25, 0.3) is 11.8 Å². The number of rotatable bonds is 13. The van der Waals surface area contributed by atoms with Gasteiger partial charge in [0.1, 0.15) is 46.7 Å². The summed E-state index contributed by atoms with van der Waals surface area (Å²) >= 11 is 0. The Balaban J connectivity index is 0.000000306. The molecule has 0 saturated heterocycles. The van der Waals surface area contributed by atoms with Crippen molar-refractivity contribution in [2.24, 2.45) is 0 Å². The zero-order valence-corrected chi connectivity index (χ0v) is 31.1. The summed E-state index contributed by atoms with van der Waals surface area (Å²) in [6.45, 7) is 0.239. The molecule has 0 aliphatic carbocycles. The van der Waals surface area contributed by atoms with Crippen molar-refractivity contribution >= 4 is 34.9 Å². The lowest BCUT2D eigenvalue weighted by molar-refractivity contribution is -0.137. The van der Waals surface area contributed by atoms with Gasteiger partial charge in [0, 0.05) is 83.0 Å². The lowest BCUT2D eigenvalue weighted by Crippen LogP contribution is -2.31. The molecule has 0 bridgehead atoms.